The first-order valence-electron chi connectivity index (χ1n) is 8.25. The second-order valence-electron chi connectivity index (χ2n) is 5.85. The number of aryl methyl sites for hydroxylation is 1. The molecule has 1 N–H and O–H groups in total. The van der Waals surface area contributed by atoms with Crippen molar-refractivity contribution in [2.24, 2.45) is 0 Å². The summed E-state index contributed by atoms with van der Waals surface area (Å²) in [5.74, 6) is 0.706. The number of hydrogen-bond acceptors (Lipinski definition) is 6. The van der Waals surface area contributed by atoms with Crippen molar-refractivity contribution >= 4 is 27.5 Å². The largest absolute Gasteiger partial charge is 0.494 e. The van der Waals surface area contributed by atoms with Crippen molar-refractivity contribution < 1.29 is 18.7 Å². The van der Waals surface area contributed by atoms with Crippen molar-refractivity contribution in [2.75, 3.05) is 12.4 Å². The van der Waals surface area contributed by atoms with Crippen LogP contribution in [-0.4, -0.2) is 39.3 Å². The van der Waals surface area contributed by atoms with E-state index in [1.54, 1.807) is 32.0 Å². The van der Waals surface area contributed by atoms with Gasteiger partial charge >= 0.3 is 0 Å². The predicted octanol–water partition coefficient (Wildman–Crippen LogP) is 3.29. The molecular weight excluding hydrogens is 433 g/mol. The van der Waals surface area contributed by atoms with Gasteiger partial charge in [-0.25, -0.2) is 4.39 Å². The predicted molar refractivity (Wildman–Crippen MR) is 103 cm³/mol. The van der Waals surface area contributed by atoms with E-state index in [1.165, 1.54) is 30.0 Å². The summed E-state index contributed by atoms with van der Waals surface area (Å²) < 4.78 is 26.1. The highest BCUT2D eigenvalue weighted by molar-refractivity contribution is 9.10. The molecule has 0 radical (unpaired) electrons. The third kappa shape index (κ3) is 4.28. The Hall–Kier alpha value is -3.01. The van der Waals surface area contributed by atoms with Crippen molar-refractivity contribution in [1.29, 1.82) is 0 Å². The number of anilines is 1. The van der Waals surface area contributed by atoms with Crippen molar-refractivity contribution in [3.05, 3.63) is 52.5 Å². The minimum Gasteiger partial charge on any atom is -0.494 e. The molecule has 0 bridgehead atoms. The summed E-state index contributed by atoms with van der Waals surface area (Å²) in [6.07, 6.45) is -0.818. The van der Waals surface area contributed by atoms with Gasteiger partial charge in [0.1, 0.15) is 23.0 Å². The summed E-state index contributed by atoms with van der Waals surface area (Å²) in [7, 11) is 1.53. The van der Waals surface area contributed by atoms with Crippen LogP contribution in [0.5, 0.6) is 11.5 Å². The van der Waals surface area contributed by atoms with Crippen LogP contribution >= 0.6 is 15.9 Å². The lowest BCUT2D eigenvalue weighted by Crippen LogP contribution is -2.30. The van der Waals surface area contributed by atoms with Crippen LogP contribution in [0.4, 0.5) is 10.1 Å². The van der Waals surface area contributed by atoms with Crippen LogP contribution in [0.2, 0.25) is 0 Å². The van der Waals surface area contributed by atoms with Crippen molar-refractivity contribution in [3.63, 3.8) is 0 Å². The molecule has 1 aromatic heterocycles. The Labute approximate surface area is 168 Å². The molecule has 0 saturated heterocycles. The highest BCUT2D eigenvalue weighted by Crippen LogP contribution is 2.28. The second-order valence-corrected chi connectivity index (χ2v) is 6.70. The Kier molecular flexibility index (Phi) is 5.88. The van der Waals surface area contributed by atoms with E-state index in [1.807, 2.05) is 0 Å². The van der Waals surface area contributed by atoms with Gasteiger partial charge in [-0.05, 0) is 76.6 Å². The van der Waals surface area contributed by atoms with Crippen molar-refractivity contribution in [3.8, 4) is 17.2 Å². The summed E-state index contributed by atoms with van der Waals surface area (Å²) in [6, 6.07) is 9.07. The first-order valence-corrected chi connectivity index (χ1v) is 9.04. The smallest absolute Gasteiger partial charge is 0.265 e. The average Bonchev–Trinajstić information content (AvgIpc) is 3.09. The molecular formula is C18H17BrFN5O3. The van der Waals surface area contributed by atoms with Crippen molar-refractivity contribution in [2.45, 2.75) is 20.0 Å². The maximum atomic E-state index is 13.2. The fourth-order valence-electron chi connectivity index (χ4n) is 2.45. The van der Waals surface area contributed by atoms with Gasteiger partial charge in [0.05, 0.1) is 11.6 Å². The topological polar surface area (TPSA) is 91.2 Å². The molecule has 1 amide bonds. The molecule has 0 aliphatic rings. The summed E-state index contributed by atoms with van der Waals surface area (Å²) in [5, 5.41) is 14.2. The van der Waals surface area contributed by atoms with Gasteiger partial charge < -0.3 is 14.8 Å². The molecule has 2 aromatic carbocycles. The second kappa shape index (κ2) is 8.34. The summed E-state index contributed by atoms with van der Waals surface area (Å²) >= 11 is 3.21. The number of benzene rings is 2. The zero-order valence-corrected chi connectivity index (χ0v) is 16.9. The average molecular weight is 450 g/mol. The monoisotopic (exact) mass is 449 g/mol. The molecule has 3 aromatic rings. The number of nitrogens with zero attached hydrogens (tertiary/aromatic N) is 4. The molecule has 0 fully saturated rings. The van der Waals surface area contributed by atoms with E-state index >= 15 is 0 Å². The molecule has 1 unspecified atom stereocenters. The standard InChI is InChI=1S/C18H17BrFN5O3/c1-10(28-16-6-4-12(20)8-14(16)19)18(26)21-13-5-7-17(27-3)15(9-13)25-11(2)22-23-24-25/h4-10H,1-3H3,(H,21,26). The van der Waals surface area contributed by atoms with Gasteiger partial charge in [-0.3, -0.25) is 4.79 Å². The maximum Gasteiger partial charge on any atom is 0.265 e. The molecule has 0 saturated carbocycles. The third-order valence-electron chi connectivity index (χ3n) is 3.87. The van der Waals surface area contributed by atoms with E-state index in [0.717, 1.165) is 0 Å². The number of ether oxygens (including phenoxy) is 2. The number of nitrogens with one attached hydrogen (secondary N) is 1. The van der Waals surface area contributed by atoms with Crippen LogP contribution in [0, 0.1) is 12.7 Å². The number of carbonyl (C=O) groups excluding carboxylic acids is 1. The van der Waals surface area contributed by atoms with E-state index in [0.29, 0.717) is 33.2 Å². The molecule has 146 valence electrons. The molecule has 1 atom stereocenters. The van der Waals surface area contributed by atoms with Gasteiger partial charge in [0, 0.05) is 5.69 Å². The first kappa shape index (κ1) is 19.7. The minimum atomic E-state index is -0.818. The SMILES string of the molecule is COc1ccc(NC(=O)C(C)Oc2ccc(F)cc2Br)cc1-n1nnnc1C. The molecule has 28 heavy (non-hydrogen) atoms. The molecule has 0 aliphatic carbocycles. The Morgan fingerprint density at radius 1 is 1.25 bits per heavy atom. The van der Waals surface area contributed by atoms with Gasteiger partial charge in [-0.1, -0.05) is 0 Å². The number of halogens is 2. The first-order chi connectivity index (χ1) is 13.4. The Balaban J connectivity index is 1.77. The number of carbonyl (C=O) groups is 1. The van der Waals surface area contributed by atoms with Crippen LogP contribution in [0.15, 0.2) is 40.9 Å². The quantitative estimate of drug-likeness (QED) is 0.620. The van der Waals surface area contributed by atoms with Crippen LogP contribution in [-0.2, 0) is 4.79 Å². The van der Waals surface area contributed by atoms with Gasteiger partial charge in [-0.2, -0.15) is 4.68 Å². The third-order valence-corrected chi connectivity index (χ3v) is 4.49. The highest BCUT2D eigenvalue weighted by atomic mass is 79.9. The molecule has 0 aliphatic heterocycles. The van der Waals surface area contributed by atoms with Gasteiger partial charge in [-0.15, -0.1) is 5.10 Å². The van der Waals surface area contributed by atoms with Crippen LogP contribution in [0.1, 0.15) is 12.7 Å². The normalized spacial score (nSPS) is 11.8. The number of methoxy groups -OCH3 is 1. The zero-order valence-electron chi connectivity index (χ0n) is 15.3. The van der Waals surface area contributed by atoms with E-state index in [4.69, 9.17) is 9.47 Å². The van der Waals surface area contributed by atoms with Crippen LogP contribution < -0.4 is 14.8 Å². The Bertz CT molecular complexity index is 1010. The number of amides is 1. The lowest BCUT2D eigenvalue weighted by atomic mass is 10.2. The lowest BCUT2D eigenvalue weighted by molar-refractivity contribution is -0.122. The molecule has 8 nitrogen and oxygen atoms in total. The summed E-state index contributed by atoms with van der Waals surface area (Å²) in [4.78, 5) is 12.5. The van der Waals surface area contributed by atoms with E-state index < -0.39 is 11.9 Å². The Morgan fingerprint density at radius 3 is 2.64 bits per heavy atom. The van der Waals surface area contributed by atoms with E-state index in [2.05, 4.69) is 36.8 Å². The fraction of sp³-hybridized carbons (Fsp3) is 0.222. The highest BCUT2D eigenvalue weighted by Gasteiger charge is 2.18. The number of hydrogen-bond donors (Lipinski definition) is 1. The Morgan fingerprint density at radius 2 is 2.00 bits per heavy atom. The minimum absolute atomic E-state index is 0.365. The number of tetrazole rings is 1. The van der Waals surface area contributed by atoms with E-state index in [9.17, 15) is 9.18 Å². The zero-order chi connectivity index (χ0) is 20.3. The summed E-state index contributed by atoms with van der Waals surface area (Å²) in [5.41, 5.74) is 1.10. The number of aromatic nitrogens is 4. The van der Waals surface area contributed by atoms with Crippen molar-refractivity contribution in [1.82, 2.24) is 20.2 Å². The van der Waals surface area contributed by atoms with Crippen LogP contribution in [0.3, 0.4) is 0 Å². The summed E-state index contributed by atoms with van der Waals surface area (Å²) in [6.45, 7) is 3.35. The maximum absolute atomic E-state index is 13.2. The van der Waals surface area contributed by atoms with Crippen LogP contribution in [0.25, 0.3) is 5.69 Å². The van der Waals surface area contributed by atoms with Gasteiger partial charge in [0.25, 0.3) is 5.91 Å². The lowest BCUT2D eigenvalue weighted by Gasteiger charge is -2.17. The molecule has 3 rings (SSSR count). The number of rotatable bonds is 6. The van der Waals surface area contributed by atoms with E-state index in [-0.39, 0.29) is 5.91 Å². The fourth-order valence-corrected chi connectivity index (χ4v) is 2.89. The van der Waals surface area contributed by atoms with Gasteiger partial charge in [0.15, 0.2) is 11.9 Å². The van der Waals surface area contributed by atoms with Gasteiger partial charge in [0.2, 0.25) is 0 Å². The molecule has 0 spiro atoms. The molecule has 1 heterocycles. The molecule has 10 heteroatoms.